The van der Waals surface area contributed by atoms with E-state index in [0.717, 1.165) is 18.5 Å². The minimum atomic E-state index is -0.408. The van der Waals surface area contributed by atoms with E-state index in [9.17, 15) is 9.59 Å². The normalized spacial score (nSPS) is 15.3. The Bertz CT molecular complexity index is 524. The summed E-state index contributed by atoms with van der Waals surface area (Å²) in [4.78, 5) is 23.4. The van der Waals surface area contributed by atoms with Gasteiger partial charge in [-0.05, 0) is 18.9 Å². The predicted molar refractivity (Wildman–Crippen MR) is 72.9 cm³/mol. The lowest BCUT2D eigenvalue weighted by molar-refractivity contribution is -0.128. The number of aromatic nitrogens is 2. The fraction of sp³-hybridized carbons (Fsp3) is 0.643. The fourth-order valence-corrected chi connectivity index (χ4v) is 1.76. The van der Waals surface area contributed by atoms with E-state index in [2.05, 4.69) is 10.4 Å². The first-order valence-electron chi connectivity index (χ1n) is 6.74. The van der Waals surface area contributed by atoms with Gasteiger partial charge >= 0.3 is 0 Å². The standard InChI is InChI=1S/C14H21N3O2/c1-14(2,3)13(19)15-8-9-17-12(18)7-6-11(16-17)10-4-5-10/h6-7,10H,4-5,8-9H2,1-3H3,(H,15,19). The molecule has 0 saturated heterocycles. The van der Waals surface area contributed by atoms with Crippen LogP contribution in [0.15, 0.2) is 16.9 Å². The van der Waals surface area contributed by atoms with Crippen molar-refractivity contribution in [2.24, 2.45) is 5.41 Å². The summed E-state index contributed by atoms with van der Waals surface area (Å²) in [6.07, 6.45) is 2.32. The van der Waals surface area contributed by atoms with Crippen LogP contribution in [0.4, 0.5) is 0 Å². The Morgan fingerprint density at radius 1 is 1.42 bits per heavy atom. The van der Waals surface area contributed by atoms with Gasteiger partial charge in [-0.1, -0.05) is 20.8 Å². The van der Waals surface area contributed by atoms with Crippen LogP contribution in [0.1, 0.15) is 45.2 Å². The maximum atomic E-state index is 11.7. The fourth-order valence-electron chi connectivity index (χ4n) is 1.76. The molecule has 0 aliphatic heterocycles. The number of carbonyl (C=O) groups excluding carboxylic acids is 1. The summed E-state index contributed by atoms with van der Waals surface area (Å²) in [7, 11) is 0. The highest BCUT2D eigenvalue weighted by Gasteiger charge is 2.25. The lowest BCUT2D eigenvalue weighted by Crippen LogP contribution is -2.38. The van der Waals surface area contributed by atoms with Gasteiger partial charge in [-0.3, -0.25) is 9.59 Å². The molecule has 1 aromatic heterocycles. The number of hydrogen-bond donors (Lipinski definition) is 1. The largest absolute Gasteiger partial charge is 0.354 e. The van der Waals surface area contributed by atoms with Crippen molar-refractivity contribution in [2.75, 3.05) is 6.54 Å². The molecule has 1 aliphatic carbocycles. The van der Waals surface area contributed by atoms with Gasteiger partial charge in [0, 0.05) is 23.9 Å². The third kappa shape index (κ3) is 3.66. The molecule has 1 fully saturated rings. The third-order valence-corrected chi connectivity index (χ3v) is 3.17. The van der Waals surface area contributed by atoms with E-state index in [0.29, 0.717) is 19.0 Å². The van der Waals surface area contributed by atoms with Crippen molar-refractivity contribution < 1.29 is 4.79 Å². The van der Waals surface area contributed by atoms with Crippen LogP contribution in [0.2, 0.25) is 0 Å². The molecule has 5 nitrogen and oxygen atoms in total. The van der Waals surface area contributed by atoms with Gasteiger partial charge in [-0.2, -0.15) is 5.10 Å². The van der Waals surface area contributed by atoms with Crippen molar-refractivity contribution in [3.05, 3.63) is 28.2 Å². The monoisotopic (exact) mass is 263 g/mol. The number of nitrogens with zero attached hydrogens (tertiary/aromatic N) is 2. The number of rotatable bonds is 4. The molecule has 0 spiro atoms. The molecular formula is C14H21N3O2. The van der Waals surface area contributed by atoms with Crippen LogP contribution in [0.3, 0.4) is 0 Å². The highest BCUT2D eigenvalue weighted by Crippen LogP contribution is 2.38. The molecule has 0 atom stereocenters. The number of amides is 1. The SMILES string of the molecule is CC(C)(C)C(=O)NCCn1nc(C2CC2)ccc1=O. The van der Waals surface area contributed by atoms with E-state index in [4.69, 9.17) is 0 Å². The van der Waals surface area contributed by atoms with Gasteiger partial charge in [0.05, 0.1) is 12.2 Å². The lowest BCUT2D eigenvalue weighted by Gasteiger charge is -2.17. The maximum Gasteiger partial charge on any atom is 0.266 e. The first-order chi connectivity index (χ1) is 8.88. The molecule has 5 heteroatoms. The minimum absolute atomic E-state index is 0.0149. The zero-order valence-corrected chi connectivity index (χ0v) is 11.8. The summed E-state index contributed by atoms with van der Waals surface area (Å²) in [6.45, 7) is 6.43. The number of hydrogen-bond acceptors (Lipinski definition) is 3. The number of carbonyl (C=O) groups is 1. The van der Waals surface area contributed by atoms with E-state index in [1.54, 1.807) is 6.07 Å². The van der Waals surface area contributed by atoms with Crippen LogP contribution < -0.4 is 10.9 Å². The third-order valence-electron chi connectivity index (χ3n) is 3.17. The van der Waals surface area contributed by atoms with Crippen molar-refractivity contribution >= 4 is 5.91 Å². The maximum absolute atomic E-state index is 11.7. The topological polar surface area (TPSA) is 64.0 Å². The van der Waals surface area contributed by atoms with Crippen LogP contribution in [0.5, 0.6) is 0 Å². The summed E-state index contributed by atoms with van der Waals surface area (Å²) >= 11 is 0. The zero-order valence-electron chi connectivity index (χ0n) is 11.8. The first-order valence-corrected chi connectivity index (χ1v) is 6.74. The summed E-state index contributed by atoms with van der Waals surface area (Å²) in [6, 6.07) is 3.37. The molecule has 0 aromatic carbocycles. The van der Waals surface area contributed by atoms with Crippen LogP contribution in [-0.2, 0) is 11.3 Å². The van der Waals surface area contributed by atoms with Gasteiger partial charge in [-0.15, -0.1) is 0 Å². The highest BCUT2D eigenvalue weighted by molar-refractivity contribution is 5.81. The Kier molecular flexibility index (Phi) is 3.73. The molecule has 1 heterocycles. The van der Waals surface area contributed by atoms with Crippen LogP contribution in [0.25, 0.3) is 0 Å². The van der Waals surface area contributed by atoms with Crippen molar-refractivity contribution in [3.63, 3.8) is 0 Å². The molecule has 1 amide bonds. The van der Waals surface area contributed by atoms with Crippen LogP contribution >= 0.6 is 0 Å². The summed E-state index contributed by atoms with van der Waals surface area (Å²) < 4.78 is 1.44. The molecule has 0 radical (unpaired) electrons. The smallest absolute Gasteiger partial charge is 0.266 e. The van der Waals surface area contributed by atoms with E-state index in [1.165, 1.54) is 4.68 Å². The highest BCUT2D eigenvalue weighted by atomic mass is 16.2. The summed E-state index contributed by atoms with van der Waals surface area (Å²) in [5, 5.41) is 7.17. The number of nitrogens with one attached hydrogen (secondary N) is 1. The molecule has 0 bridgehead atoms. The lowest BCUT2D eigenvalue weighted by atomic mass is 9.96. The molecule has 2 rings (SSSR count). The van der Waals surface area contributed by atoms with Gasteiger partial charge in [0.1, 0.15) is 0 Å². The molecule has 19 heavy (non-hydrogen) atoms. The van der Waals surface area contributed by atoms with Gasteiger partial charge in [0.2, 0.25) is 5.91 Å². The second-order valence-corrected chi connectivity index (χ2v) is 6.10. The van der Waals surface area contributed by atoms with Crippen LogP contribution in [0, 0.1) is 5.41 Å². The second-order valence-electron chi connectivity index (χ2n) is 6.10. The average molecular weight is 263 g/mol. The zero-order chi connectivity index (χ0) is 14.0. The van der Waals surface area contributed by atoms with Crippen molar-refractivity contribution in [1.82, 2.24) is 15.1 Å². The molecule has 1 aliphatic rings. The first kappa shape index (κ1) is 13.8. The second kappa shape index (κ2) is 5.15. The Labute approximate surface area is 113 Å². The average Bonchev–Trinajstić information content (AvgIpc) is 3.14. The quantitative estimate of drug-likeness (QED) is 0.890. The molecule has 104 valence electrons. The van der Waals surface area contributed by atoms with E-state index in [-0.39, 0.29) is 11.5 Å². The Balaban J connectivity index is 1.94. The van der Waals surface area contributed by atoms with Gasteiger partial charge < -0.3 is 5.32 Å². The molecule has 1 saturated carbocycles. The molecule has 0 unspecified atom stereocenters. The molecule has 1 aromatic rings. The molecular weight excluding hydrogens is 242 g/mol. The summed E-state index contributed by atoms with van der Waals surface area (Å²) in [5.74, 6) is 0.509. The Morgan fingerprint density at radius 2 is 2.11 bits per heavy atom. The minimum Gasteiger partial charge on any atom is -0.354 e. The Morgan fingerprint density at radius 3 is 2.68 bits per heavy atom. The molecule has 1 N–H and O–H groups in total. The van der Waals surface area contributed by atoms with E-state index >= 15 is 0 Å². The van der Waals surface area contributed by atoms with Crippen molar-refractivity contribution in [2.45, 2.75) is 46.1 Å². The summed E-state index contributed by atoms with van der Waals surface area (Å²) in [5.41, 5.74) is 0.463. The van der Waals surface area contributed by atoms with Crippen LogP contribution in [-0.4, -0.2) is 22.2 Å². The van der Waals surface area contributed by atoms with E-state index < -0.39 is 5.41 Å². The van der Waals surface area contributed by atoms with E-state index in [1.807, 2.05) is 26.8 Å². The van der Waals surface area contributed by atoms with Gasteiger partial charge in [-0.25, -0.2) is 4.68 Å². The predicted octanol–water partition coefficient (Wildman–Crippen LogP) is 1.28. The van der Waals surface area contributed by atoms with Crippen molar-refractivity contribution in [1.29, 1.82) is 0 Å². The van der Waals surface area contributed by atoms with Gasteiger partial charge in [0.25, 0.3) is 5.56 Å². The van der Waals surface area contributed by atoms with Crippen molar-refractivity contribution in [3.8, 4) is 0 Å². The Hall–Kier alpha value is -1.65. The van der Waals surface area contributed by atoms with Gasteiger partial charge in [0.15, 0.2) is 0 Å².